The molecule has 0 saturated carbocycles. The van der Waals surface area contributed by atoms with Gasteiger partial charge in [-0.2, -0.15) is 0 Å². The van der Waals surface area contributed by atoms with Gasteiger partial charge in [-0.3, -0.25) is 0 Å². The first-order valence-corrected chi connectivity index (χ1v) is 6.42. The van der Waals surface area contributed by atoms with Crippen molar-refractivity contribution >= 4 is 0 Å². The standard InChI is InChI=1S/C14H19NO3/c1-16-14-9(5-10-7-17-10)3-2-4-12(14)13(15)6-11-8-18-11/h2-4,10-11,13H,5-8,15H2,1H3. The lowest BCUT2D eigenvalue weighted by Crippen LogP contribution is -2.15. The van der Waals surface area contributed by atoms with Gasteiger partial charge in [0.15, 0.2) is 0 Å². The Labute approximate surface area is 107 Å². The van der Waals surface area contributed by atoms with Crippen LogP contribution in [0.4, 0.5) is 0 Å². The maximum atomic E-state index is 6.24. The maximum Gasteiger partial charge on any atom is 0.126 e. The summed E-state index contributed by atoms with van der Waals surface area (Å²) in [6, 6.07) is 6.16. The molecular weight excluding hydrogens is 230 g/mol. The number of hydrogen-bond donors (Lipinski definition) is 1. The summed E-state index contributed by atoms with van der Waals surface area (Å²) in [5, 5.41) is 0. The van der Waals surface area contributed by atoms with Crippen LogP contribution in [0.1, 0.15) is 23.6 Å². The minimum Gasteiger partial charge on any atom is -0.496 e. The lowest BCUT2D eigenvalue weighted by molar-refractivity contribution is 0.368. The van der Waals surface area contributed by atoms with Crippen molar-refractivity contribution in [3.05, 3.63) is 29.3 Å². The van der Waals surface area contributed by atoms with Crippen LogP contribution in [0.15, 0.2) is 18.2 Å². The van der Waals surface area contributed by atoms with Crippen molar-refractivity contribution in [1.82, 2.24) is 0 Å². The molecule has 1 aromatic carbocycles. The molecule has 0 amide bonds. The molecule has 98 valence electrons. The highest BCUT2D eigenvalue weighted by Crippen LogP contribution is 2.34. The van der Waals surface area contributed by atoms with Crippen LogP contribution in [0.2, 0.25) is 0 Å². The number of methoxy groups -OCH3 is 1. The molecule has 2 heterocycles. The van der Waals surface area contributed by atoms with Gasteiger partial charge in [-0.05, 0) is 12.0 Å². The average Bonchev–Trinajstić information content (AvgIpc) is 3.24. The summed E-state index contributed by atoms with van der Waals surface area (Å²) in [6.07, 6.45) is 2.46. The molecule has 2 saturated heterocycles. The molecule has 2 aliphatic heterocycles. The second-order valence-corrected chi connectivity index (χ2v) is 5.00. The van der Waals surface area contributed by atoms with E-state index >= 15 is 0 Å². The van der Waals surface area contributed by atoms with E-state index in [0.29, 0.717) is 12.2 Å². The first-order valence-electron chi connectivity index (χ1n) is 6.42. The summed E-state index contributed by atoms with van der Waals surface area (Å²) in [4.78, 5) is 0. The monoisotopic (exact) mass is 249 g/mol. The highest BCUT2D eigenvalue weighted by molar-refractivity contribution is 5.44. The van der Waals surface area contributed by atoms with E-state index in [-0.39, 0.29) is 6.04 Å². The van der Waals surface area contributed by atoms with E-state index in [1.807, 2.05) is 12.1 Å². The van der Waals surface area contributed by atoms with Gasteiger partial charge in [0.25, 0.3) is 0 Å². The fourth-order valence-electron chi connectivity index (χ4n) is 2.35. The minimum absolute atomic E-state index is 0.0208. The zero-order chi connectivity index (χ0) is 12.5. The molecule has 2 N–H and O–H groups in total. The summed E-state index contributed by atoms with van der Waals surface area (Å²) in [5.74, 6) is 0.918. The van der Waals surface area contributed by atoms with E-state index in [1.54, 1.807) is 7.11 Å². The van der Waals surface area contributed by atoms with Crippen LogP contribution in [0.5, 0.6) is 5.75 Å². The summed E-state index contributed by atoms with van der Waals surface area (Å²) in [5.41, 5.74) is 8.50. The molecule has 3 rings (SSSR count). The van der Waals surface area contributed by atoms with Crippen LogP contribution in [0.25, 0.3) is 0 Å². The van der Waals surface area contributed by atoms with Crippen molar-refractivity contribution in [3.63, 3.8) is 0 Å². The Hall–Kier alpha value is -1.10. The van der Waals surface area contributed by atoms with Crippen LogP contribution >= 0.6 is 0 Å². The molecule has 0 aromatic heterocycles. The minimum atomic E-state index is -0.0208. The summed E-state index contributed by atoms with van der Waals surface area (Å²) in [7, 11) is 1.70. The second-order valence-electron chi connectivity index (χ2n) is 5.00. The number of nitrogens with two attached hydrogens (primary N) is 1. The molecule has 3 atom stereocenters. The van der Waals surface area contributed by atoms with Gasteiger partial charge in [0.05, 0.1) is 32.5 Å². The molecule has 0 aliphatic carbocycles. The Kier molecular flexibility index (Phi) is 3.24. The summed E-state index contributed by atoms with van der Waals surface area (Å²) >= 11 is 0. The molecule has 0 spiro atoms. The first-order chi connectivity index (χ1) is 8.78. The van der Waals surface area contributed by atoms with Gasteiger partial charge in [0.2, 0.25) is 0 Å². The van der Waals surface area contributed by atoms with Crippen LogP contribution in [-0.4, -0.2) is 32.5 Å². The van der Waals surface area contributed by atoms with Crippen molar-refractivity contribution in [1.29, 1.82) is 0 Å². The highest BCUT2D eigenvalue weighted by Gasteiger charge is 2.29. The van der Waals surface area contributed by atoms with Crippen molar-refractivity contribution in [3.8, 4) is 5.75 Å². The zero-order valence-corrected chi connectivity index (χ0v) is 10.6. The maximum absolute atomic E-state index is 6.24. The predicted molar refractivity (Wildman–Crippen MR) is 67.7 cm³/mol. The summed E-state index contributed by atoms with van der Waals surface area (Å²) < 4.78 is 16.1. The van der Waals surface area contributed by atoms with Crippen molar-refractivity contribution in [2.75, 3.05) is 20.3 Å². The third kappa shape index (κ3) is 2.66. The molecule has 1 aromatic rings. The van der Waals surface area contributed by atoms with E-state index < -0.39 is 0 Å². The van der Waals surface area contributed by atoms with E-state index in [9.17, 15) is 0 Å². The van der Waals surface area contributed by atoms with Crippen LogP contribution in [0.3, 0.4) is 0 Å². The van der Waals surface area contributed by atoms with Gasteiger partial charge in [-0.1, -0.05) is 18.2 Å². The number of epoxide rings is 2. The fraction of sp³-hybridized carbons (Fsp3) is 0.571. The molecular formula is C14H19NO3. The molecule has 2 fully saturated rings. The predicted octanol–water partition coefficient (Wildman–Crippen LogP) is 1.43. The van der Waals surface area contributed by atoms with Crippen LogP contribution in [-0.2, 0) is 15.9 Å². The van der Waals surface area contributed by atoms with E-state index in [2.05, 4.69) is 6.07 Å². The van der Waals surface area contributed by atoms with Crippen molar-refractivity contribution < 1.29 is 14.2 Å². The SMILES string of the molecule is COc1c(CC2CO2)cccc1C(N)CC1CO1. The van der Waals surface area contributed by atoms with E-state index in [4.69, 9.17) is 19.9 Å². The lowest BCUT2D eigenvalue weighted by atomic mass is 9.97. The Morgan fingerprint density at radius 3 is 2.67 bits per heavy atom. The second kappa shape index (κ2) is 4.88. The Bertz CT molecular complexity index is 427. The number of rotatable bonds is 6. The third-order valence-electron chi connectivity index (χ3n) is 3.50. The number of benzene rings is 1. The number of hydrogen-bond acceptors (Lipinski definition) is 4. The van der Waals surface area contributed by atoms with Gasteiger partial charge < -0.3 is 19.9 Å². The first kappa shape index (κ1) is 12.0. The molecule has 0 radical (unpaired) electrons. The van der Waals surface area contributed by atoms with Gasteiger partial charge in [0, 0.05) is 18.0 Å². The molecule has 4 nitrogen and oxygen atoms in total. The molecule has 4 heteroatoms. The van der Waals surface area contributed by atoms with Gasteiger partial charge >= 0.3 is 0 Å². The quantitative estimate of drug-likeness (QED) is 0.775. The van der Waals surface area contributed by atoms with E-state index in [1.165, 1.54) is 5.56 Å². The Morgan fingerprint density at radius 2 is 2.06 bits per heavy atom. The number of ether oxygens (including phenoxy) is 3. The molecule has 3 unspecified atom stereocenters. The topological polar surface area (TPSA) is 60.3 Å². The highest BCUT2D eigenvalue weighted by atomic mass is 16.6. The van der Waals surface area contributed by atoms with Gasteiger partial charge in [-0.15, -0.1) is 0 Å². The van der Waals surface area contributed by atoms with Crippen molar-refractivity contribution in [2.45, 2.75) is 31.1 Å². The van der Waals surface area contributed by atoms with Crippen LogP contribution in [0, 0.1) is 0 Å². The zero-order valence-electron chi connectivity index (χ0n) is 10.6. The Balaban J connectivity index is 1.81. The fourth-order valence-corrected chi connectivity index (χ4v) is 2.35. The normalized spacial score (nSPS) is 26.8. The van der Waals surface area contributed by atoms with E-state index in [0.717, 1.165) is 37.4 Å². The van der Waals surface area contributed by atoms with Crippen molar-refractivity contribution in [2.24, 2.45) is 5.73 Å². The third-order valence-corrected chi connectivity index (χ3v) is 3.50. The number of para-hydroxylation sites is 1. The van der Waals surface area contributed by atoms with Gasteiger partial charge in [-0.25, -0.2) is 0 Å². The molecule has 2 aliphatic rings. The largest absolute Gasteiger partial charge is 0.496 e. The smallest absolute Gasteiger partial charge is 0.126 e. The lowest BCUT2D eigenvalue weighted by Gasteiger charge is -2.17. The molecule has 18 heavy (non-hydrogen) atoms. The summed E-state index contributed by atoms with van der Waals surface area (Å²) in [6.45, 7) is 1.70. The Morgan fingerprint density at radius 1 is 1.33 bits per heavy atom. The average molecular weight is 249 g/mol. The molecule has 0 bridgehead atoms. The van der Waals surface area contributed by atoms with Gasteiger partial charge in [0.1, 0.15) is 5.75 Å². The van der Waals surface area contributed by atoms with Crippen LogP contribution < -0.4 is 10.5 Å².